The van der Waals surface area contributed by atoms with E-state index in [0.717, 1.165) is 151 Å². The summed E-state index contributed by atoms with van der Waals surface area (Å²) < 4.78 is 0. The third-order valence-electron chi connectivity index (χ3n) is 18.1. The Kier molecular flexibility index (Phi) is 16.0. The van der Waals surface area contributed by atoms with Gasteiger partial charge in [0.1, 0.15) is 6.33 Å². The van der Waals surface area contributed by atoms with Crippen molar-refractivity contribution in [2.45, 2.75) is 0 Å². The smallest absolute Gasteiger partial charge is 0.116 e. The van der Waals surface area contributed by atoms with Crippen LogP contribution in [0.3, 0.4) is 0 Å². The minimum absolute atomic E-state index is 0.852. The first-order valence-electron chi connectivity index (χ1n) is 32.4. The van der Waals surface area contributed by atoms with E-state index in [1.165, 1.54) is 16.7 Å². The molecule has 0 unspecified atom stereocenters. The van der Waals surface area contributed by atoms with Crippen LogP contribution in [0, 0.1) is 0 Å². The Balaban J connectivity index is 0.694. The first kappa shape index (κ1) is 58.3. The average molecular weight is 1220 g/mol. The molecule has 0 saturated carbocycles. The van der Waals surface area contributed by atoms with Gasteiger partial charge in [-0.1, -0.05) is 279 Å². The third kappa shape index (κ3) is 12.0. The van der Waals surface area contributed by atoms with Gasteiger partial charge in [0.2, 0.25) is 0 Å². The van der Waals surface area contributed by atoms with Crippen LogP contribution in [0.15, 0.2) is 371 Å². The number of hydrogen-bond donors (Lipinski definition) is 0. The molecular weight excluding hydrogens is 1160 g/mol. The van der Waals surface area contributed by atoms with Crippen LogP contribution in [0.1, 0.15) is 0 Å². The molecule has 96 heavy (non-hydrogen) atoms. The first-order valence-corrected chi connectivity index (χ1v) is 32.4. The van der Waals surface area contributed by atoms with E-state index in [2.05, 4.69) is 318 Å². The fourth-order valence-corrected chi connectivity index (χ4v) is 13.3. The van der Waals surface area contributed by atoms with Gasteiger partial charge < -0.3 is 0 Å². The molecule has 0 saturated heterocycles. The minimum atomic E-state index is 0.852. The molecule has 5 heteroatoms. The maximum Gasteiger partial charge on any atom is 0.116 e. The molecule has 0 fully saturated rings. The van der Waals surface area contributed by atoms with Crippen molar-refractivity contribution < 1.29 is 0 Å². The van der Waals surface area contributed by atoms with Crippen molar-refractivity contribution in [2.24, 2.45) is 0 Å². The van der Waals surface area contributed by atoms with E-state index >= 15 is 0 Å². The van der Waals surface area contributed by atoms with Gasteiger partial charge in [0.05, 0.1) is 28.5 Å². The molecule has 16 aromatic rings. The van der Waals surface area contributed by atoms with Crippen molar-refractivity contribution in [2.75, 3.05) is 0 Å². The largest absolute Gasteiger partial charge is 0.256 e. The van der Waals surface area contributed by atoms with Gasteiger partial charge in [-0.2, -0.15) is 0 Å². The molecule has 450 valence electrons. The van der Waals surface area contributed by atoms with Gasteiger partial charge in [0.25, 0.3) is 0 Å². The molecule has 0 aliphatic heterocycles. The maximum absolute atomic E-state index is 4.83. The number of pyridine rings is 3. The Hall–Kier alpha value is -12.8. The zero-order valence-corrected chi connectivity index (χ0v) is 52.5. The molecule has 0 aliphatic carbocycles. The molecule has 5 nitrogen and oxygen atoms in total. The summed E-state index contributed by atoms with van der Waals surface area (Å²) in [7, 11) is 0. The lowest BCUT2D eigenvalue weighted by Gasteiger charge is -2.18. The third-order valence-corrected chi connectivity index (χ3v) is 18.1. The molecule has 0 aliphatic rings. The second-order valence-electron chi connectivity index (χ2n) is 23.9. The van der Waals surface area contributed by atoms with E-state index in [9.17, 15) is 0 Å². The molecule has 0 atom stereocenters. The van der Waals surface area contributed by atoms with E-state index < -0.39 is 0 Å². The quantitative estimate of drug-likeness (QED) is 0.102. The van der Waals surface area contributed by atoms with Crippen molar-refractivity contribution >= 4 is 0 Å². The molecular formula is C91H61N5. The summed E-state index contributed by atoms with van der Waals surface area (Å²) in [6, 6.07) is 124. The average Bonchev–Trinajstić information content (AvgIpc) is 0.847. The van der Waals surface area contributed by atoms with E-state index in [0.29, 0.717) is 0 Å². The van der Waals surface area contributed by atoms with Crippen molar-refractivity contribution in [1.29, 1.82) is 0 Å². The lowest BCUT2D eigenvalue weighted by molar-refractivity contribution is 1.18. The van der Waals surface area contributed by atoms with Gasteiger partial charge >= 0.3 is 0 Å². The second kappa shape index (κ2) is 26.4. The Morgan fingerprint density at radius 1 is 0.125 bits per heavy atom. The lowest BCUT2D eigenvalue weighted by atomic mass is 9.86. The number of rotatable bonds is 15. The van der Waals surface area contributed by atoms with Crippen molar-refractivity contribution in [1.82, 2.24) is 24.9 Å². The molecule has 16 rings (SSSR count). The number of hydrogen-bond acceptors (Lipinski definition) is 5. The molecule has 4 heterocycles. The second-order valence-corrected chi connectivity index (χ2v) is 23.9. The molecule has 0 spiro atoms. The fraction of sp³-hybridized carbons (Fsp3) is 0. The van der Waals surface area contributed by atoms with Gasteiger partial charge in [-0.05, 0) is 178 Å². The summed E-state index contributed by atoms with van der Waals surface area (Å²) in [6.07, 6.45) is 7.20. The van der Waals surface area contributed by atoms with Gasteiger partial charge in [-0.3, -0.25) is 15.0 Å². The van der Waals surface area contributed by atoms with Crippen LogP contribution in [-0.2, 0) is 0 Å². The molecule has 4 aromatic heterocycles. The Bertz CT molecular complexity index is 5260. The highest BCUT2D eigenvalue weighted by Crippen LogP contribution is 2.44. The van der Waals surface area contributed by atoms with E-state index in [1.54, 1.807) is 6.33 Å². The topological polar surface area (TPSA) is 64.5 Å². The Morgan fingerprint density at radius 2 is 0.333 bits per heavy atom. The van der Waals surface area contributed by atoms with Crippen molar-refractivity contribution in [3.8, 4) is 168 Å². The standard InChI is InChI=1S/C91H61N5/c1-6-25-82(77(20-1)62-33-43-67(44-34-62)87-30-11-14-53-92-87)72-18-17-19-73(56-72)83-26-7-2-21-78(83)63-39-49-70(50-40-63)90-60-91(96-61-95-90)71-51-41-66(42-52-71)81-24-5-10-29-86(81)76-58-74(84-27-8-3-22-79(84)64-35-45-68(46-36-64)88-31-12-15-54-93-88)57-75(59-76)85-28-9-4-23-80(85)65-37-47-69(48-38-65)89-32-13-16-55-94-89/h1-61H. The number of nitrogens with zero attached hydrogens (tertiary/aromatic N) is 5. The summed E-state index contributed by atoms with van der Waals surface area (Å²) in [6.45, 7) is 0. The highest BCUT2D eigenvalue weighted by atomic mass is 14.8. The molecule has 12 aromatic carbocycles. The van der Waals surface area contributed by atoms with Gasteiger partial charge in [0, 0.05) is 46.4 Å². The van der Waals surface area contributed by atoms with Crippen LogP contribution >= 0.6 is 0 Å². The molecule has 0 N–H and O–H groups in total. The fourth-order valence-electron chi connectivity index (χ4n) is 13.3. The zero-order valence-electron chi connectivity index (χ0n) is 52.5. The first-order chi connectivity index (χ1) is 47.6. The van der Waals surface area contributed by atoms with Crippen LogP contribution in [0.4, 0.5) is 0 Å². The Morgan fingerprint density at radius 3 is 0.583 bits per heavy atom. The minimum Gasteiger partial charge on any atom is -0.256 e. The van der Waals surface area contributed by atoms with Crippen molar-refractivity contribution in [3.05, 3.63) is 371 Å². The van der Waals surface area contributed by atoms with Crippen LogP contribution in [0.25, 0.3) is 168 Å². The summed E-state index contributed by atoms with van der Waals surface area (Å²) in [4.78, 5) is 23.5. The molecule has 0 amide bonds. The highest BCUT2D eigenvalue weighted by Gasteiger charge is 2.19. The lowest BCUT2D eigenvalue weighted by Crippen LogP contribution is -1.92. The number of benzene rings is 12. The summed E-state index contributed by atoms with van der Waals surface area (Å²) in [5.74, 6) is 0. The normalized spacial score (nSPS) is 11.1. The van der Waals surface area contributed by atoms with Gasteiger partial charge in [0.15, 0.2) is 0 Å². The highest BCUT2D eigenvalue weighted by molar-refractivity contribution is 5.95. The van der Waals surface area contributed by atoms with Crippen LogP contribution in [-0.4, -0.2) is 24.9 Å². The number of aromatic nitrogens is 5. The summed E-state index contributed by atoms with van der Waals surface area (Å²) >= 11 is 0. The van der Waals surface area contributed by atoms with Crippen LogP contribution < -0.4 is 0 Å². The zero-order chi connectivity index (χ0) is 64.0. The van der Waals surface area contributed by atoms with Crippen LogP contribution in [0.5, 0.6) is 0 Å². The van der Waals surface area contributed by atoms with E-state index in [4.69, 9.17) is 9.97 Å². The summed E-state index contributed by atoms with van der Waals surface area (Å²) in [5.41, 5.74) is 32.7. The Labute approximate surface area is 559 Å². The maximum atomic E-state index is 4.83. The SMILES string of the molecule is c1ccc(-c2ccc(-c3ccccc3-c3cccc(-c4ccccc4-c4ccc(-c5cc(-c6ccc(-c7ccccc7-c7cc(-c8ccccc8-c8ccc(-c9ccccn9)cc8)cc(-c8ccccc8-c8ccc(-c9ccccn9)cc8)c7)cc6)ncn5)cc4)c3)cc2)nc1. The van der Waals surface area contributed by atoms with Crippen LogP contribution in [0.2, 0.25) is 0 Å². The van der Waals surface area contributed by atoms with Gasteiger partial charge in [-0.15, -0.1) is 0 Å². The predicted molar refractivity (Wildman–Crippen MR) is 397 cm³/mol. The predicted octanol–water partition coefficient (Wildman–Crippen LogP) is 23.7. The van der Waals surface area contributed by atoms with Gasteiger partial charge in [-0.25, -0.2) is 9.97 Å². The monoisotopic (exact) mass is 1220 g/mol. The van der Waals surface area contributed by atoms with E-state index in [-0.39, 0.29) is 0 Å². The molecule has 0 bridgehead atoms. The van der Waals surface area contributed by atoms with E-state index in [1.807, 2.05) is 61.1 Å². The molecule has 0 radical (unpaired) electrons. The summed E-state index contributed by atoms with van der Waals surface area (Å²) in [5, 5.41) is 0. The van der Waals surface area contributed by atoms with Crippen molar-refractivity contribution in [3.63, 3.8) is 0 Å².